The highest BCUT2D eigenvalue weighted by Gasteiger charge is 2.26. The summed E-state index contributed by atoms with van der Waals surface area (Å²) in [5.74, 6) is 3.09. The predicted octanol–water partition coefficient (Wildman–Crippen LogP) is 6.20. The maximum Gasteiger partial charge on any atom is 0.225 e. The van der Waals surface area contributed by atoms with Crippen LogP contribution in [-0.4, -0.2) is 73.4 Å². The molecule has 0 N–H and O–H groups in total. The third kappa shape index (κ3) is 7.42. The van der Waals surface area contributed by atoms with Crippen LogP contribution in [0.4, 0.5) is 0 Å². The van der Waals surface area contributed by atoms with Crippen LogP contribution in [0.5, 0.6) is 5.75 Å². The van der Waals surface area contributed by atoms with E-state index < -0.39 is 0 Å². The third-order valence-corrected chi connectivity index (χ3v) is 8.44. The molecule has 1 amide bonds. The number of carbonyl (C=O) groups excluding carboxylic acids is 1. The van der Waals surface area contributed by atoms with Crippen LogP contribution in [0.25, 0.3) is 5.57 Å². The number of allylic oxidation sites excluding steroid dienone is 2. The molecule has 38 heavy (non-hydrogen) atoms. The average Bonchev–Trinajstić information content (AvgIpc) is 2.96. The van der Waals surface area contributed by atoms with Crippen LogP contribution < -0.4 is 4.74 Å². The van der Waals surface area contributed by atoms with Crippen molar-refractivity contribution in [3.05, 3.63) is 47.7 Å². The molecule has 1 aliphatic carbocycles. The van der Waals surface area contributed by atoms with Crippen molar-refractivity contribution >= 4 is 17.4 Å². The summed E-state index contributed by atoms with van der Waals surface area (Å²) in [4.78, 5) is 24.2. The molecular formula is C32H48N4O2. The Labute approximate surface area is 230 Å². The van der Waals surface area contributed by atoms with Gasteiger partial charge >= 0.3 is 0 Å². The fourth-order valence-corrected chi connectivity index (χ4v) is 5.81. The lowest BCUT2D eigenvalue weighted by Crippen LogP contribution is -2.48. The minimum Gasteiger partial charge on any atom is -0.493 e. The summed E-state index contributed by atoms with van der Waals surface area (Å²) < 4.78 is 6.20. The number of nitrogens with zero attached hydrogens (tertiary/aromatic N) is 4. The normalized spacial score (nSPS) is 20.5. The molecule has 1 saturated heterocycles. The second-order valence-corrected chi connectivity index (χ2v) is 11.4. The number of carbonyl (C=O) groups is 1. The SMILES string of the molecule is CCCCCN(C)C(=O)C1CC=C(c2ccc(OCC3CCN(C4=NC=C(CC)CN4C)CC3)cc2)CC1. The molecule has 1 aromatic rings. The maximum absolute atomic E-state index is 12.8. The summed E-state index contributed by atoms with van der Waals surface area (Å²) in [6, 6.07) is 8.57. The van der Waals surface area contributed by atoms with E-state index in [1.165, 1.54) is 29.6 Å². The summed E-state index contributed by atoms with van der Waals surface area (Å²) >= 11 is 0. The van der Waals surface area contributed by atoms with Gasteiger partial charge in [0.05, 0.1) is 6.61 Å². The molecule has 1 fully saturated rings. The predicted molar refractivity (Wildman–Crippen MR) is 157 cm³/mol. The molecule has 2 heterocycles. The highest BCUT2D eigenvalue weighted by Crippen LogP contribution is 2.32. The Morgan fingerprint density at radius 1 is 1.11 bits per heavy atom. The van der Waals surface area contributed by atoms with E-state index in [1.54, 1.807) is 0 Å². The molecule has 1 aromatic carbocycles. The van der Waals surface area contributed by atoms with Crippen molar-refractivity contribution in [1.29, 1.82) is 0 Å². The van der Waals surface area contributed by atoms with E-state index in [4.69, 9.17) is 9.73 Å². The monoisotopic (exact) mass is 520 g/mol. The Morgan fingerprint density at radius 2 is 1.87 bits per heavy atom. The number of benzene rings is 1. The van der Waals surface area contributed by atoms with Gasteiger partial charge < -0.3 is 19.4 Å². The maximum atomic E-state index is 12.8. The number of piperidine rings is 1. The van der Waals surface area contributed by atoms with Gasteiger partial charge in [-0.2, -0.15) is 0 Å². The summed E-state index contributed by atoms with van der Waals surface area (Å²) in [6.45, 7) is 9.11. The van der Waals surface area contributed by atoms with E-state index in [-0.39, 0.29) is 5.92 Å². The number of likely N-dealkylation sites (tertiary alicyclic amines) is 1. The van der Waals surface area contributed by atoms with E-state index in [2.05, 4.69) is 67.2 Å². The highest BCUT2D eigenvalue weighted by atomic mass is 16.5. The molecule has 0 radical (unpaired) electrons. The van der Waals surface area contributed by atoms with Crippen molar-refractivity contribution in [2.75, 3.05) is 46.9 Å². The van der Waals surface area contributed by atoms with Gasteiger partial charge in [-0.15, -0.1) is 0 Å². The zero-order valence-electron chi connectivity index (χ0n) is 24.1. The van der Waals surface area contributed by atoms with Gasteiger partial charge in [0, 0.05) is 52.4 Å². The lowest BCUT2D eigenvalue weighted by atomic mass is 9.86. The minimum atomic E-state index is 0.135. The van der Waals surface area contributed by atoms with Crippen molar-refractivity contribution < 1.29 is 9.53 Å². The summed E-state index contributed by atoms with van der Waals surface area (Å²) in [5, 5.41) is 0. The van der Waals surface area contributed by atoms with E-state index in [9.17, 15) is 4.79 Å². The first-order chi connectivity index (χ1) is 18.5. The van der Waals surface area contributed by atoms with Crippen LogP contribution in [0.15, 0.2) is 47.1 Å². The van der Waals surface area contributed by atoms with E-state index >= 15 is 0 Å². The molecule has 0 aromatic heterocycles. The van der Waals surface area contributed by atoms with Crippen LogP contribution in [0.2, 0.25) is 0 Å². The molecule has 0 bridgehead atoms. The van der Waals surface area contributed by atoms with Gasteiger partial charge in [-0.3, -0.25) is 4.79 Å². The smallest absolute Gasteiger partial charge is 0.225 e. The van der Waals surface area contributed by atoms with Gasteiger partial charge in [0.15, 0.2) is 0 Å². The summed E-state index contributed by atoms with van der Waals surface area (Å²) in [6.07, 6.45) is 13.9. The number of aliphatic imine (C=N–C) groups is 1. The Bertz CT molecular complexity index is 1000. The van der Waals surface area contributed by atoms with Crippen molar-refractivity contribution in [1.82, 2.24) is 14.7 Å². The van der Waals surface area contributed by atoms with E-state index in [0.717, 1.165) is 89.4 Å². The highest BCUT2D eigenvalue weighted by molar-refractivity contribution is 5.82. The van der Waals surface area contributed by atoms with Gasteiger partial charge in [0.25, 0.3) is 0 Å². The molecule has 1 atom stereocenters. The van der Waals surface area contributed by atoms with E-state index in [1.807, 2.05) is 11.9 Å². The number of hydrogen-bond donors (Lipinski definition) is 0. The zero-order valence-corrected chi connectivity index (χ0v) is 24.1. The second kappa shape index (κ2) is 13.9. The first-order valence-corrected chi connectivity index (χ1v) is 14.9. The first kappa shape index (κ1) is 28.3. The average molecular weight is 521 g/mol. The Balaban J connectivity index is 1.20. The fourth-order valence-electron chi connectivity index (χ4n) is 5.81. The van der Waals surface area contributed by atoms with E-state index in [0.29, 0.717) is 11.8 Å². The first-order valence-electron chi connectivity index (χ1n) is 14.9. The second-order valence-electron chi connectivity index (χ2n) is 11.4. The molecule has 2 aliphatic heterocycles. The molecule has 6 heteroatoms. The van der Waals surface area contributed by atoms with Gasteiger partial charge in [-0.05, 0) is 79.7 Å². The van der Waals surface area contributed by atoms with Crippen molar-refractivity contribution in [3.8, 4) is 5.75 Å². The number of hydrogen-bond acceptors (Lipinski definition) is 5. The van der Waals surface area contributed by atoms with Crippen LogP contribution in [0.3, 0.4) is 0 Å². The topological polar surface area (TPSA) is 48.4 Å². The van der Waals surface area contributed by atoms with Gasteiger partial charge in [-0.25, -0.2) is 4.99 Å². The third-order valence-electron chi connectivity index (χ3n) is 8.44. The molecule has 208 valence electrons. The molecule has 6 nitrogen and oxygen atoms in total. The lowest BCUT2D eigenvalue weighted by molar-refractivity contribution is -0.134. The fraction of sp³-hybridized carbons (Fsp3) is 0.625. The van der Waals surface area contributed by atoms with Crippen molar-refractivity contribution in [2.45, 2.75) is 71.6 Å². The standard InChI is InChI=1S/C32H48N4O2/c1-5-7-8-19-34(3)31(37)29-11-9-27(10-12-29)28-13-15-30(16-14-28)38-24-26-17-20-36(21-18-26)32-33-22-25(6-2)23-35(32)4/h9,13-16,22,26,29H,5-8,10-12,17-21,23-24H2,1-4H3. The van der Waals surface area contributed by atoms with Crippen molar-refractivity contribution in [2.24, 2.45) is 16.8 Å². The minimum absolute atomic E-state index is 0.135. The molecular weight excluding hydrogens is 472 g/mol. The van der Waals surface area contributed by atoms with Crippen LogP contribution >= 0.6 is 0 Å². The number of amides is 1. The summed E-state index contributed by atoms with van der Waals surface area (Å²) in [5.41, 5.74) is 4.01. The zero-order chi connectivity index (χ0) is 26.9. The Morgan fingerprint density at radius 3 is 2.50 bits per heavy atom. The number of rotatable bonds is 10. The number of guanidine groups is 1. The number of likely N-dealkylation sites (N-methyl/N-ethyl adjacent to an activating group) is 1. The lowest BCUT2D eigenvalue weighted by Gasteiger charge is -2.38. The van der Waals surface area contributed by atoms with Crippen LogP contribution in [0, 0.1) is 11.8 Å². The molecule has 0 spiro atoms. The molecule has 0 saturated carbocycles. The molecule has 4 rings (SSSR count). The van der Waals surface area contributed by atoms with Crippen molar-refractivity contribution in [3.63, 3.8) is 0 Å². The van der Waals surface area contributed by atoms with Crippen LogP contribution in [0.1, 0.15) is 77.2 Å². The van der Waals surface area contributed by atoms with Gasteiger partial charge in [0.1, 0.15) is 5.75 Å². The van der Waals surface area contributed by atoms with Gasteiger partial charge in [0.2, 0.25) is 11.9 Å². The molecule has 1 unspecified atom stereocenters. The number of unbranched alkanes of at least 4 members (excludes halogenated alkanes) is 2. The Kier molecular flexibility index (Phi) is 10.3. The quantitative estimate of drug-likeness (QED) is 0.345. The number of ether oxygens (including phenoxy) is 1. The summed E-state index contributed by atoms with van der Waals surface area (Å²) in [7, 11) is 4.11. The molecule has 3 aliphatic rings. The largest absolute Gasteiger partial charge is 0.493 e. The Hall–Kier alpha value is -2.76. The van der Waals surface area contributed by atoms with Crippen LogP contribution in [-0.2, 0) is 4.79 Å². The van der Waals surface area contributed by atoms with Gasteiger partial charge in [-0.1, -0.05) is 44.9 Å².